The molecular formula is C16H20N4O2. The van der Waals surface area contributed by atoms with Crippen LogP contribution in [-0.2, 0) is 0 Å². The van der Waals surface area contributed by atoms with Crippen molar-refractivity contribution in [3.63, 3.8) is 0 Å². The molecule has 2 aromatic heterocycles. The van der Waals surface area contributed by atoms with E-state index in [9.17, 15) is 4.79 Å². The van der Waals surface area contributed by atoms with Gasteiger partial charge in [0.25, 0.3) is 5.91 Å². The van der Waals surface area contributed by atoms with Crippen LogP contribution in [0.1, 0.15) is 40.0 Å². The summed E-state index contributed by atoms with van der Waals surface area (Å²) in [6, 6.07) is 5.76. The highest BCUT2D eigenvalue weighted by atomic mass is 16.5. The van der Waals surface area contributed by atoms with E-state index in [1.807, 2.05) is 24.9 Å². The summed E-state index contributed by atoms with van der Waals surface area (Å²) in [6.45, 7) is 5.16. The summed E-state index contributed by atoms with van der Waals surface area (Å²) in [4.78, 5) is 18.8. The Morgan fingerprint density at radius 1 is 1.36 bits per heavy atom. The van der Waals surface area contributed by atoms with Crippen LogP contribution < -0.4 is 5.32 Å². The minimum atomic E-state index is -0.0687. The number of anilines is 1. The van der Waals surface area contributed by atoms with Gasteiger partial charge < -0.3 is 14.7 Å². The number of likely N-dealkylation sites (tertiary alicyclic amines) is 1. The first-order chi connectivity index (χ1) is 10.6. The average Bonchev–Trinajstić information content (AvgIpc) is 3.15. The maximum absolute atomic E-state index is 12.4. The Balaban J connectivity index is 1.74. The largest absolute Gasteiger partial charge is 0.388 e. The summed E-state index contributed by atoms with van der Waals surface area (Å²) in [7, 11) is 1.90. The number of amides is 1. The monoisotopic (exact) mass is 300 g/mol. The zero-order valence-electron chi connectivity index (χ0n) is 13.1. The van der Waals surface area contributed by atoms with Gasteiger partial charge in [0.1, 0.15) is 5.76 Å². The quantitative estimate of drug-likeness (QED) is 0.942. The number of aromatic nitrogens is 2. The molecule has 1 amide bonds. The molecule has 1 atom stereocenters. The van der Waals surface area contributed by atoms with Crippen LogP contribution in [0.25, 0.3) is 0 Å². The van der Waals surface area contributed by atoms with Crippen LogP contribution >= 0.6 is 0 Å². The first-order valence-electron chi connectivity index (χ1n) is 7.45. The topological polar surface area (TPSA) is 71.3 Å². The predicted octanol–water partition coefficient (Wildman–Crippen LogP) is 2.36. The highest BCUT2D eigenvalue weighted by Gasteiger charge is 2.30. The van der Waals surface area contributed by atoms with E-state index >= 15 is 0 Å². The molecule has 0 aliphatic carbocycles. The Kier molecular flexibility index (Phi) is 3.83. The van der Waals surface area contributed by atoms with Crippen molar-refractivity contribution in [2.24, 2.45) is 0 Å². The van der Waals surface area contributed by atoms with Gasteiger partial charge in [-0.15, -0.1) is 0 Å². The third kappa shape index (κ3) is 2.81. The van der Waals surface area contributed by atoms with Crippen LogP contribution in [0.3, 0.4) is 0 Å². The Hall–Kier alpha value is -2.37. The van der Waals surface area contributed by atoms with Crippen LogP contribution in [0, 0.1) is 13.8 Å². The van der Waals surface area contributed by atoms with Crippen molar-refractivity contribution < 1.29 is 9.32 Å². The molecule has 6 heteroatoms. The summed E-state index contributed by atoms with van der Waals surface area (Å²) in [5, 5.41) is 6.96. The zero-order valence-corrected chi connectivity index (χ0v) is 13.1. The standard InChI is InChI=1S/C16H20N4O2/c1-10-6-13(17-3)8-14(18-10)12-4-5-20(9-12)16(21)15-7-11(2)22-19-15/h6-8,12H,4-5,9H2,1-3H3,(H,17,18)/t12-/m0/s1. The van der Waals surface area contributed by atoms with E-state index in [1.54, 1.807) is 13.0 Å². The minimum Gasteiger partial charge on any atom is -0.388 e. The van der Waals surface area contributed by atoms with Gasteiger partial charge >= 0.3 is 0 Å². The van der Waals surface area contributed by atoms with E-state index in [2.05, 4.69) is 21.5 Å². The van der Waals surface area contributed by atoms with E-state index in [1.165, 1.54) is 0 Å². The lowest BCUT2D eigenvalue weighted by atomic mass is 10.0. The molecule has 0 radical (unpaired) electrons. The molecule has 3 rings (SSSR count). The van der Waals surface area contributed by atoms with E-state index in [0.29, 0.717) is 18.0 Å². The second-order valence-electron chi connectivity index (χ2n) is 5.73. The molecule has 1 N–H and O–H groups in total. The molecule has 1 aliphatic heterocycles. The molecule has 3 heterocycles. The average molecular weight is 300 g/mol. The summed E-state index contributed by atoms with van der Waals surface area (Å²) < 4.78 is 4.98. The van der Waals surface area contributed by atoms with Gasteiger partial charge in [-0.3, -0.25) is 9.78 Å². The van der Waals surface area contributed by atoms with Crippen LogP contribution in [0.4, 0.5) is 5.69 Å². The van der Waals surface area contributed by atoms with Gasteiger partial charge in [0, 0.05) is 49.2 Å². The van der Waals surface area contributed by atoms with Crippen molar-refractivity contribution in [2.45, 2.75) is 26.2 Å². The first-order valence-corrected chi connectivity index (χ1v) is 7.45. The molecule has 22 heavy (non-hydrogen) atoms. The van der Waals surface area contributed by atoms with Gasteiger partial charge in [-0.05, 0) is 32.4 Å². The van der Waals surface area contributed by atoms with Crippen LogP contribution in [0.5, 0.6) is 0 Å². The Labute approximate surface area is 129 Å². The normalized spacial score (nSPS) is 17.8. The van der Waals surface area contributed by atoms with Crippen molar-refractivity contribution in [2.75, 3.05) is 25.5 Å². The number of pyridine rings is 1. The number of aryl methyl sites for hydroxylation is 2. The van der Waals surface area contributed by atoms with Crippen molar-refractivity contribution in [3.8, 4) is 0 Å². The number of nitrogens with one attached hydrogen (secondary N) is 1. The molecule has 0 saturated carbocycles. The fraction of sp³-hybridized carbons (Fsp3) is 0.438. The Bertz CT molecular complexity index is 695. The van der Waals surface area contributed by atoms with Gasteiger partial charge in [-0.1, -0.05) is 5.16 Å². The van der Waals surface area contributed by atoms with Gasteiger partial charge in [-0.2, -0.15) is 0 Å². The molecule has 6 nitrogen and oxygen atoms in total. The highest BCUT2D eigenvalue weighted by Crippen LogP contribution is 2.28. The predicted molar refractivity (Wildman–Crippen MR) is 83.0 cm³/mol. The van der Waals surface area contributed by atoms with Gasteiger partial charge in [0.2, 0.25) is 0 Å². The van der Waals surface area contributed by atoms with Crippen LogP contribution in [0.2, 0.25) is 0 Å². The molecular weight excluding hydrogens is 280 g/mol. The number of hydrogen-bond donors (Lipinski definition) is 1. The Morgan fingerprint density at radius 3 is 2.86 bits per heavy atom. The fourth-order valence-electron chi connectivity index (χ4n) is 2.86. The second-order valence-corrected chi connectivity index (χ2v) is 5.73. The van der Waals surface area contributed by atoms with Gasteiger partial charge in [0.15, 0.2) is 5.69 Å². The molecule has 116 valence electrons. The maximum Gasteiger partial charge on any atom is 0.276 e. The third-order valence-electron chi connectivity index (χ3n) is 4.00. The van der Waals surface area contributed by atoms with Crippen molar-refractivity contribution in [1.29, 1.82) is 0 Å². The van der Waals surface area contributed by atoms with Gasteiger partial charge in [0.05, 0.1) is 0 Å². The van der Waals surface area contributed by atoms with E-state index in [4.69, 9.17) is 4.52 Å². The fourth-order valence-corrected chi connectivity index (χ4v) is 2.86. The third-order valence-corrected chi connectivity index (χ3v) is 4.00. The molecule has 2 aromatic rings. The number of nitrogens with zero attached hydrogens (tertiary/aromatic N) is 3. The molecule has 1 saturated heterocycles. The SMILES string of the molecule is CNc1cc(C)nc([C@H]2CCN(C(=O)c3cc(C)on3)C2)c1. The van der Waals surface area contributed by atoms with Crippen molar-refractivity contribution in [1.82, 2.24) is 15.0 Å². The van der Waals surface area contributed by atoms with E-state index in [0.717, 1.165) is 30.0 Å². The molecule has 0 aromatic carbocycles. The van der Waals surface area contributed by atoms with Crippen LogP contribution in [-0.4, -0.2) is 41.1 Å². The lowest BCUT2D eigenvalue weighted by Gasteiger charge is -2.15. The number of carbonyl (C=O) groups is 1. The lowest BCUT2D eigenvalue weighted by Crippen LogP contribution is -2.28. The first kappa shape index (κ1) is 14.6. The molecule has 1 aliphatic rings. The zero-order chi connectivity index (χ0) is 15.7. The number of carbonyl (C=O) groups excluding carboxylic acids is 1. The number of rotatable bonds is 3. The summed E-state index contributed by atoms with van der Waals surface area (Å²) in [5.74, 6) is 0.850. The Morgan fingerprint density at radius 2 is 2.18 bits per heavy atom. The smallest absolute Gasteiger partial charge is 0.276 e. The van der Waals surface area contributed by atoms with E-state index in [-0.39, 0.29) is 11.8 Å². The molecule has 0 spiro atoms. The van der Waals surface area contributed by atoms with Gasteiger partial charge in [-0.25, -0.2) is 0 Å². The summed E-state index contributed by atoms with van der Waals surface area (Å²) in [5.41, 5.74) is 3.46. The molecule has 0 bridgehead atoms. The van der Waals surface area contributed by atoms with Crippen molar-refractivity contribution >= 4 is 11.6 Å². The maximum atomic E-state index is 12.4. The van der Waals surface area contributed by atoms with E-state index < -0.39 is 0 Å². The number of hydrogen-bond acceptors (Lipinski definition) is 5. The van der Waals surface area contributed by atoms with Crippen LogP contribution in [0.15, 0.2) is 22.7 Å². The molecule has 1 fully saturated rings. The highest BCUT2D eigenvalue weighted by molar-refractivity contribution is 5.92. The lowest BCUT2D eigenvalue weighted by molar-refractivity contribution is 0.0780. The van der Waals surface area contributed by atoms with Crippen molar-refractivity contribution in [3.05, 3.63) is 41.0 Å². The summed E-state index contributed by atoms with van der Waals surface area (Å²) in [6.07, 6.45) is 0.919. The summed E-state index contributed by atoms with van der Waals surface area (Å²) >= 11 is 0. The second kappa shape index (κ2) is 5.79. The molecule has 0 unspecified atom stereocenters. The minimum absolute atomic E-state index is 0.0687.